The molecule has 0 saturated carbocycles. The highest BCUT2D eigenvalue weighted by molar-refractivity contribution is 6.30. The summed E-state index contributed by atoms with van der Waals surface area (Å²) in [5, 5.41) is 3.87. The number of hydrogen-bond acceptors (Lipinski definition) is 4. The molecule has 1 N–H and O–H groups in total. The van der Waals surface area contributed by atoms with Gasteiger partial charge in [-0.25, -0.2) is 9.97 Å². The second kappa shape index (κ2) is 6.17. The molecule has 17 heavy (non-hydrogen) atoms. The molecule has 0 aliphatic carbocycles. The Labute approximate surface area is 108 Å². The standard InChI is InChI=1S/C12H21ClN4/c1-6-10-15-11(13)9(3)12(16-10)14-7-8(2)17(4)5/h8H,6-7H2,1-5H3,(H,14,15,16). The van der Waals surface area contributed by atoms with E-state index in [1.54, 1.807) is 0 Å². The van der Waals surface area contributed by atoms with Crippen molar-refractivity contribution in [2.45, 2.75) is 33.2 Å². The normalized spacial score (nSPS) is 12.9. The number of aromatic nitrogens is 2. The second-order valence-electron chi connectivity index (χ2n) is 4.45. The highest BCUT2D eigenvalue weighted by atomic mass is 35.5. The lowest BCUT2D eigenvalue weighted by molar-refractivity contribution is 0.326. The Balaban J connectivity index is 2.80. The smallest absolute Gasteiger partial charge is 0.137 e. The molecule has 1 aromatic heterocycles. The monoisotopic (exact) mass is 256 g/mol. The molecule has 1 unspecified atom stereocenters. The van der Waals surface area contributed by atoms with Crippen molar-refractivity contribution < 1.29 is 0 Å². The molecule has 0 spiro atoms. The van der Waals surface area contributed by atoms with Crippen molar-refractivity contribution in [2.75, 3.05) is 26.0 Å². The quantitative estimate of drug-likeness (QED) is 0.822. The Bertz CT molecular complexity index is 379. The molecule has 0 aliphatic rings. The van der Waals surface area contributed by atoms with Crippen LogP contribution in [0.1, 0.15) is 25.2 Å². The fraction of sp³-hybridized carbons (Fsp3) is 0.667. The van der Waals surface area contributed by atoms with Gasteiger partial charge in [-0.05, 0) is 27.9 Å². The predicted octanol–water partition coefficient (Wildman–Crippen LogP) is 2.36. The summed E-state index contributed by atoms with van der Waals surface area (Å²) in [6.45, 7) is 6.95. The maximum absolute atomic E-state index is 6.07. The molecule has 0 radical (unpaired) electrons. The van der Waals surface area contributed by atoms with Gasteiger partial charge in [0.15, 0.2) is 0 Å². The van der Waals surface area contributed by atoms with Gasteiger partial charge in [-0.3, -0.25) is 0 Å². The van der Waals surface area contributed by atoms with Crippen molar-refractivity contribution in [3.63, 3.8) is 0 Å². The van der Waals surface area contributed by atoms with Crippen LogP contribution in [0.15, 0.2) is 0 Å². The molecule has 4 nitrogen and oxygen atoms in total. The number of anilines is 1. The number of nitrogens with zero attached hydrogens (tertiary/aromatic N) is 3. The van der Waals surface area contributed by atoms with Gasteiger partial charge in [-0.15, -0.1) is 0 Å². The summed E-state index contributed by atoms with van der Waals surface area (Å²) < 4.78 is 0. The molecular formula is C12H21ClN4. The van der Waals surface area contributed by atoms with Gasteiger partial charge >= 0.3 is 0 Å². The zero-order valence-electron chi connectivity index (χ0n) is 11.2. The van der Waals surface area contributed by atoms with E-state index in [9.17, 15) is 0 Å². The van der Waals surface area contributed by atoms with E-state index in [4.69, 9.17) is 11.6 Å². The van der Waals surface area contributed by atoms with E-state index in [1.807, 2.05) is 13.8 Å². The van der Waals surface area contributed by atoms with E-state index in [2.05, 4.69) is 41.2 Å². The van der Waals surface area contributed by atoms with E-state index in [1.165, 1.54) is 0 Å². The van der Waals surface area contributed by atoms with Crippen molar-refractivity contribution in [1.82, 2.24) is 14.9 Å². The van der Waals surface area contributed by atoms with Crippen LogP contribution >= 0.6 is 11.6 Å². The van der Waals surface area contributed by atoms with Crippen LogP contribution in [-0.4, -0.2) is 41.5 Å². The number of nitrogens with one attached hydrogen (secondary N) is 1. The van der Waals surface area contributed by atoms with Crippen LogP contribution in [0, 0.1) is 6.92 Å². The lowest BCUT2D eigenvalue weighted by atomic mass is 10.3. The Hall–Kier alpha value is -0.870. The lowest BCUT2D eigenvalue weighted by Gasteiger charge is -2.21. The average molecular weight is 257 g/mol. The largest absolute Gasteiger partial charge is 0.368 e. The predicted molar refractivity (Wildman–Crippen MR) is 72.8 cm³/mol. The minimum Gasteiger partial charge on any atom is -0.368 e. The summed E-state index contributed by atoms with van der Waals surface area (Å²) in [6.07, 6.45) is 0.790. The summed E-state index contributed by atoms with van der Waals surface area (Å²) in [5.74, 6) is 1.62. The van der Waals surface area contributed by atoms with Crippen LogP contribution in [0.5, 0.6) is 0 Å². The molecule has 0 aromatic carbocycles. The minimum atomic E-state index is 0.438. The van der Waals surface area contributed by atoms with E-state index in [0.29, 0.717) is 11.2 Å². The number of hydrogen-bond donors (Lipinski definition) is 1. The van der Waals surface area contributed by atoms with Crippen LogP contribution in [0.4, 0.5) is 5.82 Å². The van der Waals surface area contributed by atoms with E-state index in [0.717, 1.165) is 30.2 Å². The van der Waals surface area contributed by atoms with Crippen molar-refractivity contribution in [2.24, 2.45) is 0 Å². The van der Waals surface area contributed by atoms with Crippen LogP contribution in [0.2, 0.25) is 5.15 Å². The molecule has 1 heterocycles. The SMILES string of the molecule is CCc1nc(Cl)c(C)c(NCC(C)N(C)C)n1. The maximum atomic E-state index is 6.07. The molecule has 1 aromatic rings. The first-order valence-electron chi connectivity index (χ1n) is 5.89. The van der Waals surface area contributed by atoms with Crippen molar-refractivity contribution in [3.8, 4) is 0 Å². The number of halogens is 1. The van der Waals surface area contributed by atoms with Gasteiger partial charge in [0.1, 0.15) is 16.8 Å². The number of aryl methyl sites for hydroxylation is 1. The number of rotatable bonds is 5. The molecule has 0 amide bonds. The number of likely N-dealkylation sites (N-methyl/N-ethyl adjacent to an activating group) is 1. The summed E-state index contributed by atoms with van der Waals surface area (Å²) in [6, 6.07) is 0.438. The van der Waals surface area contributed by atoms with Crippen LogP contribution in [0.25, 0.3) is 0 Å². The van der Waals surface area contributed by atoms with Crippen LogP contribution < -0.4 is 5.32 Å². The highest BCUT2D eigenvalue weighted by Crippen LogP contribution is 2.20. The highest BCUT2D eigenvalue weighted by Gasteiger charge is 2.10. The maximum Gasteiger partial charge on any atom is 0.137 e. The third-order valence-corrected chi connectivity index (χ3v) is 3.26. The van der Waals surface area contributed by atoms with E-state index in [-0.39, 0.29) is 0 Å². The van der Waals surface area contributed by atoms with Crippen molar-refractivity contribution in [1.29, 1.82) is 0 Å². The van der Waals surface area contributed by atoms with E-state index < -0.39 is 0 Å². The first-order chi connectivity index (χ1) is 7.95. The minimum absolute atomic E-state index is 0.438. The molecule has 96 valence electrons. The summed E-state index contributed by atoms with van der Waals surface area (Å²) in [7, 11) is 4.12. The second-order valence-corrected chi connectivity index (χ2v) is 4.81. The lowest BCUT2D eigenvalue weighted by Crippen LogP contribution is -2.32. The molecule has 0 saturated heterocycles. The Morgan fingerprint density at radius 1 is 1.35 bits per heavy atom. The average Bonchev–Trinajstić information content (AvgIpc) is 2.30. The van der Waals surface area contributed by atoms with Crippen molar-refractivity contribution in [3.05, 3.63) is 16.5 Å². The third kappa shape index (κ3) is 3.82. The van der Waals surface area contributed by atoms with Gasteiger partial charge in [0.05, 0.1) is 0 Å². The molecule has 1 atom stereocenters. The van der Waals surface area contributed by atoms with Gasteiger partial charge in [0, 0.05) is 24.6 Å². The van der Waals surface area contributed by atoms with Crippen LogP contribution in [-0.2, 0) is 6.42 Å². The zero-order valence-corrected chi connectivity index (χ0v) is 12.0. The van der Waals surface area contributed by atoms with Crippen molar-refractivity contribution >= 4 is 17.4 Å². The molecule has 0 aliphatic heterocycles. The van der Waals surface area contributed by atoms with Gasteiger partial charge in [0.25, 0.3) is 0 Å². The summed E-state index contributed by atoms with van der Waals surface area (Å²) in [5.41, 5.74) is 0.912. The Morgan fingerprint density at radius 2 is 2.00 bits per heavy atom. The van der Waals surface area contributed by atoms with Gasteiger partial charge in [-0.1, -0.05) is 18.5 Å². The Kier molecular flexibility index (Phi) is 5.15. The molecule has 5 heteroatoms. The fourth-order valence-corrected chi connectivity index (χ4v) is 1.48. The first kappa shape index (κ1) is 14.2. The topological polar surface area (TPSA) is 41.1 Å². The van der Waals surface area contributed by atoms with Crippen LogP contribution in [0.3, 0.4) is 0 Å². The van der Waals surface area contributed by atoms with Gasteiger partial charge < -0.3 is 10.2 Å². The fourth-order valence-electron chi connectivity index (χ4n) is 1.29. The molecule has 0 fully saturated rings. The van der Waals surface area contributed by atoms with Gasteiger partial charge in [0.2, 0.25) is 0 Å². The third-order valence-electron chi connectivity index (χ3n) is 2.90. The first-order valence-corrected chi connectivity index (χ1v) is 6.26. The molecule has 1 rings (SSSR count). The Morgan fingerprint density at radius 3 is 2.53 bits per heavy atom. The molecular weight excluding hydrogens is 236 g/mol. The molecule has 0 bridgehead atoms. The zero-order chi connectivity index (χ0) is 13.0. The summed E-state index contributed by atoms with van der Waals surface area (Å²) >= 11 is 6.07. The van der Waals surface area contributed by atoms with Gasteiger partial charge in [-0.2, -0.15) is 0 Å². The summed E-state index contributed by atoms with van der Waals surface area (Å²) in [4.78, 5) is 10.8. The van der Waals surface area contributed by atoms with E-state index >= 15 is 0 Å².